The first-order chi connectivity index (χ1) is 11.3. The van der Waals surface area contributed by atoms with Gasteiger partial charge >= 0.3 is 0 Å². The van der Waals surface area contributed by atoms with Crippen molar-refractivity contribution in [3.05, 3.63) is 59.2 Å². The van der Waals surface area contributed by atoms with Crippen LogP contribution in [-0.4, -0.2) is 18.1 Å². The Morgan fingerprint density at radius 1 is 1.00 bits per heavy atom. The predicted octanol–water partition coefficient (Wildman–Crippen LogP) is 5.44. The highest BCUT2D eigenvalue weighted by molar-refractivity contribution is 7.99. The Morgan fingerprint density at radius 3 is 2.70 bits per heavy atom. The summed E-state index contributed by atoms with van der Waals surface area (Å²) in [5.41, 5.74) is 2.58. The molecule has 0 spiro atoms. The minimum Gasteiger partial charge on any atom is -0.360 e. The number of hydrogen-bond donors (Lipinski definition) is 2. The van der Waals surface area contributed by atoms with Gasteiger partial charge in [0.25, 0.3) is 0 Å². The Kier molecular flexibility index (Phi) is 4.34. The van der Waals surface area contributed by atoms with Crippen LogP contribution in [0.5, 0.6) is 0 Å². The summed E-state index contributed by atoms with van der Waals surface area (Å²) in [5.74, 6) is 0.666. The van der Waals surface area contributed by atoms with Gasteiger partial charge in [-0.05, 0) is 55.6 Å². The lowest BCUT2D eigenvalue weighted by molar-refractivity contribution is 0.456. The summed E-state index contributed by atoms with van der Waals surface area (Å²) in [7, 11) is 0. The summed E-state index contributed by atoms with van der Waals surface area (Å²) < 4.78 is 0. The van der Waals surface area contributed by atoms with E-state index in [1.165, 1.54) is 33.6 Å². The van der Waals surface area contributed by atoms with Crippen LogP contribution in [0.3, 0.4) is 0 Å². The van der Waals surface area contributed by atoms with Crippen molar-refractivity contribution in [2.75, 3.05) is 13.1 Å². The van der Waals surface area contributed by atoms with Crippen LogP contribution in [0.4, 0.5) is 0 Å². The topological polar surface area (TPSA) is 27.8 Å². The molecule has 1 aliphatic rings. The Hall–Kier alpha value is -1.42. The summed E-state index contributed by atoms with van der Waals surface area (Å²) in [4.78, 5) is 5.97. The van der Waals surface area contributed by atoms with E-state index in [1.807, 2.05) is 23.9 Å². The molecule has 23 heavy (non-hydrogen) atoms. The summed E-state index contributed by atoms with van der Waals surface area (Å²) in [6.45, 7) is 2.24. The first-order valence-electron chi connectivity index (χ1n) is 8.05. The van der Waals surface area contributed by atoms with Crippen molar-refractivity contribution in [2.24, 2.45) is 0 Å². The monoisotopic (exact) mass is 342 g/mol. The van der Waals surface area contributed by atoms with Crippen LogP contribution >= 0.6 is 23.4 Å². The van der Waals surface area contributed by atoms with E-state index in [1.54, 1.807) is 0 Å². The van der Waals surface area contributed by atoms with Gasteiger partial charge in [-0.2, -0.15) is 0 Å². The van der Waals surface area contributed by atoms with Crippen molar-refractivity contribution in [1.29, 1.82) is 0 Å². The van der Waals surface area contributed by atoms with E-state index in [9.17, 15) is 0 Å². The number of benzene rings is 2. The highest BCUT2D eigenvalue weighted by atomic mass is 35.5. The van der Waals surface area contributed by atoms with Crippen LogP contribution in [0.1, 0.15) is 24.3 Å². The Bertz CT molecular complexity index is 821. The molecule has 3 aromatic rings. The lowest BCUT2D eigenvalue weighted by atomic mass is 9.90. The number of aromatic nitrogens is 1. The number of halogens is 1. The van der Waals surface area contributed by atoms with Gasteiger partial charge in [-0.3, -0.25) is 0 Å². The Morgan fingerprint density at radius 2 is 1.83 bits per heavy atom. The van der Waals surface area contributed by atoms with Gasteiger partial charge in [-0.15, -0.1) is 0 Å². The molecular weight excluding hydrogens is 324 g/mol. The molecule has 1 saturated heterocycles. The largest absolute Gasteiger partial charge is 0.360 e. The summed E-state index contributed by atoms with van der Waals surface area (Å²) in [5, 5.41) is 5.46. The molecule has 0 saturated carbocycles. The molecule has 0 unspecified atom stereocenters. The Labute approximate surface area is 145 Å². The number of aromatic amines is 1. The molecule has 0 atom stereocenters. The summed E-state index contributed by atoms with van der Waals surface area (Å²) >= 11 is 7.94. The number of piperidine rings is 1. The zero-order chi connectivity index (χ0) is 15.6. The van der Waals surface area contributed by atoms with Crippen LogP contribution < -0.4 is 5.32 Å². The molecule has 1 aromatic heterocycles. The highest BCUT2D eigenvalue weighted by Gasteiger charge is 2.19. The minimum absolute atomic E-state index is 0.666. The number of hydrogen-bond acceptors (Lipinski definition) is 2. The fraction of sp³-hybridized carbons (Fsp3) is 0.263. The quantitative estimate of drug-likeness (QED) is 0.663. The van der Waals surface area contributed by atoms with Gasteiger partial charge in [-0.1, -0.05) is 47.6 Å². The standard InChI is InChI=1S/C19H19ClN2S/c20-14-5-6-16-17(11-14)22-12-19(16)23-18-4-2-1-3-15(18)13-7-9-21-10-8-13/h1-6,11-13,21-22H,7-10H2. The van der Waals surface area contributed by atoms with E-state index in [2.05, 4.69) is 46.8 Å². The Balaban J connectivity index is 1.68. The van der Waals surface area contributed by atoms with Crippen molar-refractivity contribution < 1.29 is 0 Å². The predicted molar refractivity (Wildman–Crippen MR) is 98.7 cm³/mol. The molecule has 0 radical (unpaired) electrons. The maximum Gasteiger partial charge on any atom is 0.0480 e. The normalized spacial score (nSPS) is 16.0. The first kappa shape index (κ1) is 15.1. The second-order valence-corrected chi connectivity index (χ2v) is 7.53. The van der Waals surface area contributed by atoms with Gasteiger partial charge in [0.05, 0.1) is 0 Å². The van der Waals surface area contributed by atoms with Crippen LogP contribution in [0.2, 0.25) is 5.02 Å². The smallest absolute Gasteiger partial charge is 0.0480 e. The molecule has 1 aliphatic heterocycles. The van der Waals surface area contributed by atoms with E-state index in [0.717, 1.165) is 23.6 Å². The molecule has 0 bridgehead atoms. The van der Waals surface area contributed by atoms with Crippen molar-refractivity contribution in [3.63, 3.8) is 0 Å². The van der Waals surface area contributed by atoms with Crippen molar-refractivity contribution >= 4 is 34.3 Å². The molecule has 4 heteroatoms. The van der Waals surface area contributed by atoms with Gasteiger partial charge in [0.2, 0.25) is 0 Å². The maximum absolute atomic E-state index is 6.08. The zero-order valence-electron chi connectivity index (χ0n) is 12.8. The van der Waals surface area contributed by atoms with E-state index >= 15 is 0 Å². The third-order valence-corrected chi connectivity index (χ3v) is 5.91. The average molecular weight is 343 g/mol. The number of rotatable bonds is 3. The average Bonchev–Trinajstić information content (AvgIpc) is 2.98. The molecule has 1 fully saturated rings. The fourth-order valence-electron chi connectivity index (χ4n) is 3.32. The lowest BCUT2D eigenvalue weighted by Crippen LogP contribution is -2.26. The minimum atomic E-state index is 0.666. The third kappa shape index (κ3) is 3.14. The van der Waals surface area contributed by atoms with Gasteiger partial charge in [-0.25, -0.2) is 0 Å². The zero-order valence-corrected chi connectivity index (χ0v) is 14.4. The molecule has 4 rings (SSSR count). The van der Waals surface area contributed by atoms with Gasteiger partial charge in [0, 0.05) is 31.9 Å². The SMILES string of the molecule is Clc1ccc2c(Sc3ccccc3C3CCNCC3)c[nH]c2c1. The van der Waals surface area contributed by atoms with Crippen LogP contribution in [0.15, 0.2) is 58.5 Å². The van der Waals surface area contributed by atoms with Crippen molar-refractivity contribution in [3.8, 4) is 0 Å². The third-order valence-electron chi connectivity index (χ3n) is 4.52. The van der Waals surface area contributed by atoms with Gasteiger partial charge in [0.1, 0.15) is 0 Å². The van der Waals surface area contributed by atoms with E-state index in [-0.39, 0.29) is 0 Å². The van der Waals surface area contributed by atoms with Crippen LogP contribution in [0, 0.1) is 0 Å². The molecule has 118 valence electrons. The summed E-state index contributed by atoms with van der Waals surface area (Å²) in [6, 6.07) is 14.9. The van der Waals surface area contributed by atoms with Gasteiger partial charge < -0.3 is 10.3 Å². The lowest BCUT2D eigenvalue weighted by Gasteiger charge is -2.24. The first-order valence-corrected chi connectivity index (χ1v) is 9.25. The number of fused-ring (bicyclic) bond motifs is 1. The molecular formula is C19H19ClN2S. The second kappa shape index (κ2) is 6.60. The molecule has 2 heterocycles. The van der Waals surface area contributed by atoms with Crippen molar-refractivity contribution in [1.82, 2.24) is 10.3 Å². The fourth-order valence-corrected chi connectivity index (χ4v) is 4.63. The van der Waals surface area contributed by atoms with E-state index < -0.39 is 0 Å². The molecule has 0 aliphatic carbocycles. The maximum atomic E-state index is 6.08. The molecule has 2 nitrogen and oxygen atoms in total. The highest BCUT2D eigenvalue weighted by Crippen LogP contribution is 2.39. The van der Waals surface area contributed by atoms with Crippen molar-refractivity contribution in [2.45, 2.75) is 28.6 Å². The number of H-pyrrole nitrogens is 1. The molecule has 0 amide bonds. The van der Waals surface area contributed by atoms with Gasteiger partial charge in [0.15, 0.2) is 0 Å². The molecule has 2 aromatic carbocycles. The second-order valence-electron chi connectivity index (χ2n) is 6.01. The molecule has 2 N–H and O–H groups in total. The summed E-state index contributed by atoms with van der Waals surface area (Å²) in [6.07, 6.45) is 4.53. The van der Waals surface area contributed by atoms with E-state index in [0.29, 0.717) is 5.92 Å². The number of nitrogens with one attached hydrogen (secondary N) is 2. The van der Waals surface area contributed by atoms with E-state index in [4.69, 9.17) is 11.6 Å². The van der Waals surface area contributed by atoms with Crippen LogP contribution in [0.25, 0.3) is 10.9 Å². The van der Waals surface area contributed by atoms with Crippen LogP contribution in [-0.2, 0) is 0 Å².